The fourth-order valence-electron chi connectivity index (χ4n) is 0.484. The molecule has 0 rings (SSSR count). The van der Waals surface area contributed by atoms with Gasteiger partial charge in [0.25, 0.3) is 0 Å². The second-order valence-corrected chi connectivity index (χ2v) is 1.62. The van der Waals surface area contributed by atoms with Crippen molar-refractivity contribution < 1.29 is 14.3 Å². The molecule has 0 aromatic carbocycles. The second kappa shape index (κ2) is 4.32. The maximum atomic E-state index is 10.6. The average molecular weight is 132 g/mol. The van der Waals surface area contributed by atoms with Gasteiger partial charge in [0.2, 0.25) is 0 Å². The first-order chi connectivity index (χ1) is 4.22. The molecule has 0 amide bonds. The summed E-state index contributed by atoms with van der Waals surface area (Å²) < 4.78 is 9.32. The van der Waals surface area contributed by atoms with Gasteiger partial charge < -0.3 is 9.47 Å². The first kappa shape index (κ1) is 8.43. The molecule has 3 nitrogen and oxygen atoms in total. The summed E-state index contributed by atoms with van der Waals surface area (Å²) in [6, 6.07) is 0. The van der Waals surface area contributed by atoms with Gasteiger partial charge in [0, 0.05) is 6.61 Å². The quantitative estimate of drug-likeness (QED) is 0.527. The Kier molecular flexibility index (Phi) is 4.05. The Labute approximate surface area is 55.0 Å². The Morgan fingerprint density at radius 3 is 2.56 bits per heavy atom. The Morgan fingerprint density at radius 1 is 1.67 bits per heavy atom. The fourth-order valence-corrected chi connectivity index (χ4v) is 0.484. The van der Waals surface area contributed by atoms with Gasteiger partial charge in [0.05, 0.1) is 7.11 Å². The maximum Gasteiger partial charge on any atom is 0.334 e. The summed E-state index contributed by atoms with van der Waals surface area (Å²) in [5.41, 5.74) is 0. The van der Waals surface area contributed by atoms with Crippen LogP contribution in [0.5, 0.6) is 0 Å². The van der Waals surface area contributed by atoms with Crippen LogP contribution in [0, 0.1) is 0 Å². The van der Waals surface area contributed by atoms with Crippen molar-refractivity contribution >= 4 is 5.97 Å². The Morgan fingerprint density at radius 2 is 2.22 bits per heavy atom. The van der Waals surface area contributed by atoms with Gasteiger partial charge in [-0.15, -0.1) is 0 Å². The summed E-state index contributed by atoms with van der Waals surface area (Å²) in [4.78, 5) is 10.6. The van der Waals surface area contributed by atoms with Gasteiger partial charge in [0.15, 0.2) is 6.10 Å². The largest absolute Gasteiger partial charge is 0.467 e. The molecule has 54 valence electrons. The normalized spacial score (nSPS) is 12.8. The van der Waals surface area contributed by atoms with E-state index in [0.717, 1.165) is 0 Å². The minimum Gasteiger partial charge on any atom is -0.467 e. The van der Waals surface area contributed by atoms with Gasteiger partial charge in [-0.2, -0.15) is 0 Å². The van der Waals surface area contributed by atoms with Crippen LogP contribution in [0.25, 0.3) is 0 Å². The predicted octanol–water partition coefficient (Wildman–Crippen LogP) is 0.584. The highest BCUT2D eigenvalue weighted by atomic mass is 16.6. The summed E-state index contributed by atoms with van der Waals surface area (Å²) in [7, 11) is 1.35. The molecule has 0 bridgehead atoms. The van der Waals surface area contributed by atoms with Gasteiger partial charge >= 0.3 is 5.97 Å². The molecule has 0 N–H and O–H groups in total. The number of esters is 1. The molecule has 3 heteroatoms. The molecule has 0 aliphatic heterocycles. The van der Waals surface area contributed by atoms with E-state index in [1.165, 1.54) is 7.11 Å². The molecule has 0 aliphatic rings. The van der Waals surface area contributed by atoms with E-state index in [9.17, 15) is 4.79 Å². The molecule has 0 aromatic heterocycles. The van der Waals surface area contributed by atoms with E-state index in [-0.39, 0.29) is 5.97 Å². The lowest BCUT2D eigenvalue weighted by Gasteiger charge is -2.07. The number of ether oxygens (including phenoxy) is 2. The minimum atomic E-state index is -0.431. The first-order valence-electron chi connectivity index (χ1n) is 2.91. The van der Waals surface area contributed by atoms with E-state index in [1.807, 2.05) is 6.92 Å². The molecule has 1 atom stereocenters. The van der Waals surface area contributed by atoms with Crippen LogP contribution in [-0.2, 0) is 14.3 Å². The van der Waals surface area contributed by atoms with Crippen LogP contribution < -0.4 is 0 Å². The number of rotatable bonds is 3. The minimum absolute atomic E-state index is 0.322. The first-order valence-corrected chi connectivity index (χ1v) is 2.91. The Balaban J connectivity index is 3.45. The van der Waals surface area contributed by atoms with Gasteiger partial charge in [-0.1, -0.05) is 0 Å². The zero-order chi connectivity index (χ0) is 7.28. The third kappa shape index (κ3) is 3.08. The second-order valence-electron chi connectivity index (χ2n) is 1.62. The molecular weight excluding hydrogens is 120 g/mol. The zero-order valence-electron chi connectivity index (χ0n) is 6.01. The van der Waals surface area contributed by atoms with Crippen molar-refractivity contribution in [2.24, 2.45) is 0 Å². The standard InChI is InChI=1S/C6H12O3/c1-4-9-5(2)6(7)8-3/h5H,4H2,1-3H3/t5-/m1/s1. The van der Waals surface area contributed by atoms with Crippen molar-refractivity contribution in [2.45, 2.75) is 20.0 Å². The summed E-state index contributed by atoms with van der Waals surface area (Å²) in [6.45, 7) is 4.03. The van der Waals surface area contributed by atoms with Crippen LogP contribution >= 0.6 is 0 Å². The summed E-state index contributed by atoms with van der Waals surface area (Å²) in [5, 5.41) is 0. The topological polar surface area (TPSA) is 35.5 Å². The molecule has 9 heavy (non-hydrogen) atoms. The predicted molar refractivity (Wildman–Crippen MR) is 33.1 cm³/mol. The van der Waals surface area contributed by atoms with Crippen molar-refractivity contribution in [1.82, 2.24) is 0 Å². The summed E-state index contributed by atoms with van der Waals surface area (Å²) >= 11 is 0. The molecule has 0 radical (unpaired) electrons. The summed E-state index contributed by atoms with van der Waals surface area (Å²) in [5.74, 6) is -0.322. The number of carbonyl (C=O) groups excluding carboxylic acids is 1. The zero-order valence-corrected chi connectivity index (χ0v) is 6.01. The van der Waals surface area contributed by atoms with Crippen LogP contribution in [0.4, 0.5) is 0 Å². The van der Waals surface area contributed by atoms with E-state index >= 15 is 0 Å². The number of hydrogen-bond donors (Lipinski definition) is 0. The van der Waals surface area contributed by atoms with Crippen LogP contribution in [0.15, 0.2) is 0 Å². The van der Waals surface area contributed by atoms with Gasteiger partial charge in [-0.3, -0.25) is 0 Å². The van der Waals surface area contributed by atoms with E-state index < -0.39 is 6.10 Å². The third-order valence-corrected chi connectivity index (χ3v) is 0.950. The van der Waals surface area contributed by atoms with Crippen molar-refractivity contribution in [1.29, 1.82) is 0 Å². The molecule has 0 spiro atoms. The SMILES string of the molecule is CCO[C@H](C)C(=O)OC. The van der Waals surface area contributed by atoms with Crippen LogP contribution in [-0.4, -0.2) is 25.8 Å². The van der Waals surface area contributed by atoms with Crippen LogP contribution in [0.2, 0.25) is 0 Å². The Hall–Kier alpha value is -0.570. The highest BCUT2D eigenvalue weighted by molar-refractivity contribution is 5.73. The van der Waals surface area contributed by atoms with E-state index in [0.29, 0.717) is 6.61 Å². The van der Waals surface area contributed by atoms with E-state index in [4.69, 9.17) is 4.74 Å². The number of carbonyl (C=O) groups is 1. The molecule has 0 fully saturated rings. The maximum absolute atomic E-state index is 10.6. The van der Waals surface area contributed by atoms with Crippen molar-refractivity contribution in [3.8, 4) is 0 Å². The highest BCUT2D eigenvalue weighted by Crippen LogP contribution is 1.91. The number of hydrogen-bond acceptors (Lipinski definition) is 3. The smallest absolute Gasteiger partial charge is 0.334 e. The van der Waals surface area contributed by atoms with E-state index in [2.05, 4.69) is 4.74 Å². The van der Waals surface area contributed by atoms with Crippen LogP contribution in [0.1, 0.15) is 13.8 Å². The van der Waals surface area contributed by atoms with Crippen LogP contribution in [0.3, 0.4) is 0 Å². The lowest BCUT2D eigenvalue weighted by molar-refractivity contribution is -0.152. The molecule has 0 aliphatic carbocycles. The summed E-state index contributed by atoms with van der Waals surface area (Å²) in [6.07, 6.45) is -0.431. The monoisotopic (exact) mass is 132 g/mol. The van der Waals surface area contributed by atoms with Crippen molar-refractivity contribution in [2.75, 3.05) is 13.7 Å². The molecule has 0 unspecified atom stereocenters. The van der Waals surface area contributed by atoms with E-state index in [1.54, 1.807) is 6.92 Å². The molecule has 0 saturated carbocycles. The lowest BCUT2D eigenvalue weighted by atomic mass is 10.4. The highest BCUT2D eigenvalue weighted by Gasteiger charge is 2.10. The Bertz CT molecular complexity index is 90.3. The van der Waals surface area contributed by atoms with Gasteiger partial charge in [-0.05, 0) is 13.8 Å². The molecule has 0 saturated heterocycles. The van der Waals surface area contributed by atoms with Gasteiger partial charge in [-0.25, -0.2) is 4.79 Å². The van der Waals surface area contributed by atoms with Gasteiger partial charge in [0.1, 0.15) is 0 Å². The molecule has 0 heterocycles. The van der Waals surface area contributed by atoms with Crippen molar-refractivity contribution in [3.05, 3.63) is 0 Å². The number of methoxy groups -OCH3 is 1. The fraction of sp³-hybridized carbons (Fsp3) is 0.833. The third-order valence-electron chi connectivity index (χ3n) is 0.950. The van der Waals surface area contributed by atoms with Crippen molar-refractivity contribution in [3.63, 3.8) is 0 Å². The average Bonchev–Trinajstić information content (AvgIpc) is 1.87. The molecular formula is C6H12O3. The lowest BCUT2D eigenvalue weighted by Crippen LogP contribution is -2.21. The molecule has 0 aromatic rings.